The van der Waals surface area contributed by atoms with Crippen LogP contribution in [0.2, 0.25) is 0 Å². The molecule has 0 atom stereocenters. The van der Waals surface area contributed by atoms with Crippen LogP contribution in [0.5, 0.6) is 0 Å². The molecule has 0 bridgehead atoms. The first-order valence-electron chi connectivity index (χ1n) is 4.15. The summed E-state index contributed by atoms with van der Waals surface area (Å²) in [6.45, 7) is 4.72. The van der Waals surface area contributed by atoms with E-state index in [4.69, 9.17) is 5.73 Å². The summed E-state index contributed by atoms with van der Waals surface area (Å²) >= 11 is 0. The van der Waals surface area contributed by atoms with Gasteiger partial charge in [0, 0.05) is 6.26 Å². The lowest BCUT2D eigenvalue weighted by Crippen LogP contribution is -2.20. The standard InChI is InChI=1S/C8H19NO2S/c1-8(2,4-6-9)5-7-12(3,10)11/h4-7,9H2,1-3H3. The van der Waals surface area contributed by atoms with Crippen LogP contribution in [0.1, 0.15) is 26.7 Å². The fraction of sp³-hybridized carbons (Fsp3) is 1.00. The molecule has 0 aromatic carbocycles. The Morgan fingerprint density at radius 2 is 1.75 bits per heavy atom. The summed E-state index contributed by atoms with van der Waals surface area (Å²) in [6.07, 6.45) is 2.84. The Kier molecular flexibility index (Phi) is 4.20. The normalized spacial score (nSPS) is 13.3. The maximum atomic E-state index is 10.9. The molecule has 0 aromatic heterocycles. The molecule has 0 saturated heterocycles. The van der Waals surface area contributed by atoms with Crippen molar-refractivity contribution in [1.29, 1.82) is 0 Å². The Hall–Kier alpha value is -0.0900. The van der Waals surface area contributed by atoms with Gasteiger partial charge in [-0.3, -0.25) is 0 Å². The molecule has 0 heterocycles. The summed E-state index contributed by atoms with van der Waals surface area (Å²) in [7, 11) is -2.82. The fourth-order valence-electron chi connectivity index (χ4n) is 0.977. The van der Waals surface area contributed by atoms with Crippen molar-refractivity contribution in [3.8, 4) is 0 Å². The molecule has 0 radical (unpaired) electrons. The van der Waals surface area contributed by atoms with Crippen molar-refractivity contribution >= 4 is 9.84 Å². The number of hydrogen-bond donors (Lipinski definition) is 1. The smallest absolute Gasteiger partial charge is 0.147 e. The van der Waals surface area contributed by atoms with Gasteiger partial charge in [-0.05, 0) is 24.8 Å². The van der Waals surface area contributed by atoms with Crippen LogP contribution < -0.4 is 5.73 Å². The molecule has 12 heavy (non-hydrogen) atoms. The Balaban J connectivity index is 3.92. The minimum Gasteiger partial charge on any atom is -0.330 e. The average molecular weight is 193 g/mol. The molecule has 4 heteroatoms. The van der Waals surface area contributed by atoms with E-state index in [1.165, 1.54) is 6.26 Å². The Morgan fingerprint density at radius 1 is 1.25 bits per heavy atom. The second kappa shape index (κ2) is 4.23. The van der Waals surface area contributed by atoms with E-state index in [1.54, 1.807) is 0 Å². The van der Waals surface area contributed by atoms with Crippen molar-refractivity contribution in [2.45, 2.75) is 26.7 Å². The second-order valence-electron chi connectivity index (χ2n) is 4.08. The van der Waals surface area contributed by atoms with Gasteiger partial charge in [0.1, 0.15) is 9.84 Å². The molecule has 0 amide bonds. The third-order valence-corrected chi connectivity index (χ3v) is 2.92. The Bertz CT molecular complexity index is 219. The predicted molar refractivity (Wildman–Crippen MR) is 51.8 cm³/mol. The number of nitrogens with two attached hydrogens (primary N) is 1. The monoisotopic (exact) mass is 193 g/mol. The van der Waals surface area contributed by atoms with Gasteiger partial charge >= 0.3 is 0 Å². The van der Waals surface area contributed by atoms with Gasteiger partial charge in [0.05, 0.1) is 5.75 Å². The van der Waals surface area contributed by atoms with E-state index in [0.717, 1.165) is 6.42 Å². The predicted octanol–water partition coefficient (Wildman–Crippen LogP) is 0.796. The van der Waals surface area contributed by atoms with E-state index in [2.05, 4.69) is 0 Å². The van der Waals surface area contributed by atoms with Crippen molar-refractivity contribution in [2.75, 3.05) is 18.6 Å². The fourth-order valence-corrected chi connectivity index (χ4v) is 1.90. The number of sulfone groups is 1. The van der Waals surface area contributed by atoms with Crippen molar-refractivity contribution in [1.82, 2.24) is 0 Å². The highest BCUT2D eigenvalue weighted by Gasteiger charge is 2.18. The summed E-state index contributed by atoms with van der Waals surface area (Å²) in [5.74, 6) is 0.264. The minimum absolute atomic E-state index is 0.0534. The molecule has 0 unspecified atom stereocenters. The van der Waals surface area contributed by atoms with Crippen molar-refractivity contribution in [3.63, 3.8) is 0 Å². The molecule has 0 aromatic rings. The van der Waals surface area contributed by atoms with E-state index in [-0.39, 0.29) is 11.2 Å². The topological polar surface area (TPSA) is 60.2 Å². The maximum Gasteiger partial charge on any atom is 0.147 e. The molecule has 0 spiro atoms. The summed E-state index contributed by atoms with van der Waals surface area (Å²) in [5.41, 5.74) is 5.46. The van der Waals surface area contributed by atoms with Gasteiger partial charge in [-0.15, -0.1) is 0 Å². The number of hydrogen-bond acceptors (Lipinski definition) is 3. The Labute approximate surface area is 75.3 Å². The highest BCUT2D eigenvalue weighted by atomic mass is 32.2. The lowest BCUT2D eigenvalue weighted by atomic mass is 9.87. The quantitative estimate of drug-likeness (QED) is 0.702. The van der Waals surface area contributed by atoms with Crippen LogP contribution in [0.4, 0.5) is 0 Å². The maximum absolute atomic E-state index is 10.9. The summed E-state index contributed by atoms with van der Waals surface area (Å²) < 4.78 is 21.7. The van der Waals surface area contributed by atoms with Crippen LogP contribution in [0, 0.1) is 5.41 Å². The molecular weight excluding hydrogens is 174 g/mol. The van der Waals surface area contributed by atoms with Crippen molar-refractivity contribution < 1.29 is 8.42 Å². The van der Waals surface area contributed by atoms with E-state index in [0.29, 0.717) is 13.0 Å². The Morgan fingerprint density at radius 3 is 2.08 bits per heavy atom. The highest BCUT2D eigenvalue weighted by Crippen LogP contribution is 2.24. The molecule has 0 aliphatic carbocycles. The molecule has 0 aliphatic heterocycles. The molecule has 0 aliphatic rings. The van der Waals surface area contributed by atoms with Gasteiger partial charge in [-0.2, -0.15) is 0 Å². The van der Waals surface area contributed by atoms with Crippen molar-refractivity contribution in [3.05, 3.63) is 0 Å². The summed E-state index contributed by atoms with van der Waals surface area (Å²) in [6, 6.07) is 0. The van der Waals surface area contributed by atoms with E-state index in [1.807, 2.05) is 13.8 Å². The largest absolute Gasteiger partial charge is 0.330 e. The van der Waals surface area contributed by atoms with Gasteiger partial charge in [-0.1, -0.05) is 13.8 Å². The summed E-state index contributed by atoms with van der Waals surface area (Å²) in [4.78, 5) is 0. The lowest BCUT2D eigenvalue weighted by molar-refractivity contribution is 0.329. The van der Waals surface area contributed by atoms with Gasteiger partial charge < -0.3 is 5.73 Å². The van der Waals surface area contributed by atoms with Crippen LogP contribution >= 0.6 is 0 Å². The lowest BCUT2D eigenvalue weighted by Gasteiger charge is -2.22. The first kappa shape index (κ1) is 11.9. The molecular formula is C8H19NO2S. The van der Waals surface area contributed by atoms with Gasteiger partial charge in [0.15, 0.2) is 0 Å². The highest BCUT2D eigenvalue weighted by molar-refractivity contribution is 7.90. The number of rotatable bonds is 5. The van der Waals surface area contributed by atoms with E-state index >= 15 is 0 Å². The first-order chi connectivity index (χ1) is 5.27. The molecule has 0 fully saturated rings. The second-order valence-corrected chi connectivity index (χ2v) is 6.34. The average Bonchev–Trinajstić information content (AvgIpc) is 1.83. The van der Waals surface area contributed by atoms with Crippen LogP contribution in [-0.2, 0) is 9.84 Å². The molecule has 0 rings (SSSR count). The van der Waals surface area contributed by atoms with Crippen LogP contribution in [0.15, 0.2) is 0 Å². The van der Waals surface area contributed by atoms with E-state index < -0.39 is 9.84 Å². The third kappa shape index (κ3) is 6.61. The van der Waals surface area contributed by atoms with Crippen LogP contribution in [0.25, 0.3) is 0 Å². The van der Waals surface area contributed by atoms with Gasteiger partial charge in [0.25, 0.3) is 0 Å². The van der Waals surface area contributed by atoms with E-state index in [9.17, 15) is 8.42 Å². The minimum atomic E-state index is -2.82. The molecule has 3 nitrogen and oxygen atoms in total. The zero-order chi connectivity index (χ0) is 9.83. The van der Waals surface area contributed by atoms with Crippen LogP contribution in [0.3, 0.4) is 0 Å². The van der Waals surface area contributed by atoms with Crippen LogP contribution in [-0.4, -0.2) is 27.0 Å². The van der Waals surface area contributed by atoms with Gasteiger partial charge in [-0.25, -0.2) is 8.42 Å². The SMILES string of the molecule is CC(C)(CCN)CCS(C)(=O)=O. The van der Waals surface area contributed by atoms with Crippen molar-refractivity contribution in [2.24, 2.45) is 11.1 Å². The molecule has 0 saturated carbocycles. The molecule has 74 valence electrons. The third-order valence-electron chi connectivity index (χ3n) is 1.97. The van der Waals surface area contributed by atoms with Gasteiger partial charge in [0.2, 0.25) is 0 Å². The zero-order valence-electron chi connectivity index (χ0n) is 8.13. The summed E-state index contributed by atoms with van der Waals surface area (Å²) in [5, 5.41) is 0. The zero-order valence-corrected chi connectivity index (χ0v) is 8.95. The first-order valence-corrected chi connectivity index (χ1v) is 6.21. The molecule has 2 N–H and O–H groups in total.